The summed E-state index contributed by atoms with van der Waals surface area (Å²) in [5.41, 5.74) is 4.77. The van der Waals surface area contributed by atoms with Crippen molar-refractivity contribution in [2.45, 2.75) is 20.5 Å². The van der Waals surface area contributed by atoms with Gasteiger partial charge in [-0.15, -0.1) is 0 Å². The Labute approximate surface area is 184 Å². The van der Waals surface area contributed by atoms with Crippen LogP contribution in [0.2, 0.25) is 0 Å². The molecule has 3 rings (SSSR count). The summed E-state index contributed by atoms with van der Waals surface area (Å²) in [4.78, 5) is 12.4. The first-order valence-electron chi connectivity index (χ1n) is 9.42. The molecule has 5 heteroatoms. The maximum atomic E-state index is 12.4. The fourth-order valence-electron chi connectivity index (χ4n) is 2.72. The second-order valence-corrected chi connectivity index (χ2v) is 7.81. The SMILES string of the molecule is Cc1ccc(COc2ccc(/C=C(\C#N)C(=O)Nc3ccc(C)cc3)cc2Br)cc1. The molecule has 0 saturated heterocycles. The van der Waals surface area contributed by atoms with Gasteiger partial charge in [-0.3, -0.25) is 4.79 Å². The fourth-order valence-corrected chi connectivity index (χ4v) is 3.23. The minimum absolute atomic E-state index is 0.0239. The molecule has 3 aromatic carbocycles. The molecule has 0 unspecified atom stereocenters. The van der Waals surface area contributed by atoms with Gasteiger partial charge in [-0.05, 0) is 71.2 Å². The van der Waals surface area contributed by atoms with Crippen molar-refractivity contribution in [1.29, 1.82) is 5.26 Å². The summed E-state index contributed by atoms with van der Waals surface area (Å²) in [6, 6.07) is 23.0. The highest BCUT2D eigenvalue weighted by atomic mass is 79.9. The van der Waals surface area contributed by atoms with E-state index in [9.17, 15) is 10.1 Å². The molecule has 0 aliphatic heterocycles. The van der Waals surface area contributed by atoms with Crippen LogP contribution in [-0.2, 0) is 11.4 Å². The third-order valence-corrected chi connectivity index (χ3v) is 5.08. The fraction of sp³-hybridized carbons (Fsp3) is 0.120. The largest absolute Gasteiger partial charge is 0.488 e. The molecule has 30 heavy (non-hydrogen) atoms. The number of ether oxygens (including phenoxy) is 1. The molecule has 1 amide bonds. The molecule has 0 radical (unpaired) electrons. The lowest BCUT2D eigenvalue weighted by molar-refractivity contribution is -0.112. The van der Waals surface area contributed by atoms with Crippen LogP contribution in [0, 0.1) is 25.2 Å². The van der Waals surface area contributed by atoms with Crippen LogP contribution < -0.4 is 10.1 Å². The summed E-state index contributed by atoms with van der Waals surface area (Å²) in [6.07, 6.45) is 1.55. The lowest BCUT2D eigenvalue weighted by Gasteiger charge is -2.09. The summed E-state index contributed by atoms with van der Waals surface area (Å²) in [5.74, 6) is 0.243. The van der Waals surface area contributed by atoms with E-state index in [-0.39, 0.29) is 5.57 Å². The minimum atomic E-state index is -0.447. The van der Waals surface area contributed by atoms with Crippen LogP contribution in [0.3, 0.4) is 0 Å². The number of aryl methyl sites for hydroxylation is 2. The maximum absolute atomic E-state index is 12.4. The Morgan fingerprint density at radius 3 is 2.27 bits per heavy atom. The number of nitriles is 1. The third kappa shape index (κ3) is 5.82. The van der Waals surface area contributed by atoms with E-state index in [0.29, 0.717) is 18.0 Å². The molecular weight excluding hydrogens is 440 g/mol. The van der Waals surface area contributed by atoms with E-state index in [4.69, 9.17) is 4.74 Å². The number of nitrogens with zero attached hydrogens (tertiary/aromatic N) is 1. The van der Waals surface area contributed by atoms with Crippen molar-refractivity contribution < 1.29 is 9.53 Å². The molecule has 150 valence electrons. The van der Waals surface area contributed by atoms with Crippen molar-refractivity contribution in [2.24, 2.45) is 0 Å². The average Bonchev–Trinajstić information content (AvgIpc) is 2.74. The number of rotatable bonds is 6. The summed E-state index contributed by atoms with van der Waals surface area (Å²) in [6.45, 7) is 4.47. The molecule has 0 atom stereocenters. The number of carbonyl (C=O) groups is 1. The van der Waals surface area contributed by atoms with Crippen LogP contribution in [0.15, 0.2) is 76.8 Å². The van der Waals surface area contributed by atoms with Gasteiger partial charge in [0.05, 0.1) is 4.47 Å². The highest BCUT2D eigenvalue weighted by Crippen LogP contribution is 2.28. The van der Waals surface area contributed by atoms with Crippen molar-refractivity contribution in [2.75, 3.05) is 5.32 Å². The number of amides is 1. The lowest BCUT2D eigenvalue weighted by Crippen LogP contribution is -2.13. The van der Waals surface area contributed by atoms with Gasteiger partial charge in [0, 0.05) is 5.69 Å². The molecular formula is C25H21BrN2O2. The van der Waals surface area contributed by atoms with Crippen LogP contribution in [0.25, 0.3) is 6.08 Å². The van der Waals surface area contributed by atoms with Crippen LogP contribution in [-0.4, -0.2) is 5.91 Å². The summed E-state index contributed by atoms with van der Waals surface area (Å²) in [5, 5.41) is 12.2. The summed E-state index contributed by atoms with van der Waals surface area (Å²) < 4.78 is 6.62. The van der Waals surface area contributed by atoms with Gasteiger partial charge in [-0.1, -0.05) is 53.6 Å². The standard InChI is InChI=1S/C25H21BrN2O2/c1-17-3-7-19(8-4-17)16-30-24-12-9-20(14-23(24)26)13-21(15-27)25(29)28-22-10-5-18(2)6-11-22/h3-14H,16H2,1-2H3,(H,28,29)/b21-13+. The topological polar surface area (TPSA) is 62.1 Å². The summed E-state index contributed by atoms with van der Waals surface area (Å²) >= 11 is 3.50. The van der Waals surface area contributed by atoms with E-state index in [1.807, 2.05) is 74.5 Å². The number of carbonyl (C=O) groups excluding carboxylic acids is 1. The smallest absolute Gasteiger partial charge is 0.266 e. The van der Waals surface area contributed by atoms with Gasteiger partial charge in [0.15, 0.2) is 0 Å². The van der Waals surface area contributed by atoms with Gasteiger partial charge >= 0.3 is 0 Å². The molecule has 3 aromatic rings. The van der Waals surface area contributed by atoms with Gasteiger partial charge < -0.3 is 10.1 Å². The third-order valence-electron chi connectivity index (χ3n) is 4.46. The molecule has 0 spiro atoms. The number of benzene rings is 3. The number of halogens is 1. The summed E-state index contributed by atoms with van der Waals surface area (Å²) in [7, 11) is 0. The van der Waals surface area contributed by atoms with Crippen molar-refractivity contribution in [3.8, 4) is 11.8 Å². The average molecular weight is 461 g/mol. The zero-order valence-electron chi connectivity index (χ0n) is 16.8. The van der Waals surface area contributed by atoms with E-state index in [2.05, 4.69) is 21.2 Å². The van der Waals surface area contributed by atoms with Crippen LogP contribution in [0.1, 0.15) is 22.3 Å². The lowest BCUT2D eigenvalue weighted by atomic mass is 10.1. The molecule has 0 heterocycles. The van der Waals surface area contributed by atoms with E-state index in [1.165, 1.54) is 5.56 Å². The number of anilines is 1. The minimum Gasteiger partial charge on any atom is -0.488 e. The highest BCUT2D eigenvalue weighted by Gasteiger charge is 2.10. The molecule has 0 fully saturated rings. The first-order valence-corrected chi connectivity index (χ1v) is 10.2. The maximum Gasteiger partial charge on any atom is 0.266 e. The monoisotopic (exact) mass is 460 g/mol. The van der Waals surface area contributed by atoms with Crippen LogP contribution in [0.4, 0.5) is 5.69 Å². The normalized spacial score (nSPS) is 10.9. The quantitative estimate of drug-likeness (QED) is 0.352. The first kappa shape index (κ1) is 21.4. The van der Waals surface area contributed by atoms with Crippen LogP contribution in [0.5, 0.6) is 5.75 Å². The number of nitrogens with one attached hydrogen (secondary N) is 1. The molecule has 0 bridgehead atoms. The zero-order chi connectivity index (χ0) is 21.5. The molecule has 0 aliphatic rings. The van der Waals surface area contributed by atoms with Crippen molar-refractivity contribution in [1.82, 2.24) is 0 Å². The Bertz CT molecular complexity index is 1110. The Balaban J connectivity index is 1.69. The van der Waals surface area contributed by atoms with Gasteiger partial charge in [0.2, 0.25) is 0 Å². The van der Waals surface area contributed by atoms with Gasteiger partial charge in [0.25, 0.3) is 5.91 Å². The number of hydrogen-bond acceptors (Lipinski definition) is 3. The Hall–Kier alpha value is -3.36. The van der Waals surface area contributed by atoms with E-state index < -0.39 is 5.91 Å². The molecule has 0 aliphatic carbocycles. The molecule has 0 aromatic heterocycles. The Morgan fingerprint density at radius 2 is 1.67 bits per heavy atom. The van der Waals surface area contributed by atoms with Gasteiger partial charge in [-0.2, -0.15) is 5.26 Å². The van der Waals surface area contributed by atoms with Gasteiger partial charge in [0.1, 0.15) is 24.0 Å². The second-order valence-electron chi connectivity index (χ2n) is 6.95. The molecule has 0 saturated carbocycles. The predicted octanol–water partition coefficient (Wildman–Crippen LogP) is 6.19. The van der Waals surface area contributed by atoms with E-state index in [1.54, 1.807) is 18.2 Å². The Kier molecular flexibility index (Phi) is 7.05. The molecule has 4 nitrogen and oxygen atoms in total. The van der Waals surface area contributed by atoms with E-state index >= 15 is 0 Å². The van der Waals surface area contributed by atoms with Crippen molar-refractivity contribution in [3.63, 3.8) is 0 Å². The van der Waals surface area contributed by atoms with Crippen LogP contribution >= 0.6 is 15.9 Å². The molecule has 1 N–H and O–H groups in total. The second kappa shape index (κ2) is 9.91. The highest BCUT2D eigenvalue weighted by molar-refractivity contribution is 9.10. The van der Waals surface area contributed by atoms with Crippen molar-refractivity contribution >= 4 is 33.6 Å². The first-order chi connectivity index (χ1) is 14.4. The zero-order valence-corrected chi connectivity index (χ0v) is 18.4. The van der Waals surface area contributed by atoms with E-state index in [0.717, 1.165) is 21.2 Å². The predicted molar refractivity (Wildman–Crippen MR) is 123 cm³/mol. The van der Waals surface area contributed by atoms with Crippen molar-refractivity contribution in [3.05, 3.63) is 99.0 Å². The van der Waals surface area contributed by atoms with Gasteiger partial charge in [-0.25, -0.2) is 0 Å². The Morgan fingerprint density at radius 1 is 1.03 bits per heavy atom. The number of hydrogen-bond donors (Lipinski definition) is 1.